The number of aromatic nitrogens is 2. The molecule has 0 aliphatic rings. The van der Waals surface area contributed by atoms with Crippen LogP contribution in [0.15, 0.2) is 34.7 Å². The summed E-state index contributed by atoms with van der Waals surface area (Å²) in [6.07, 6.45) is 2.01. The van der Waals surface area contributed by atoms with Crippen molar-refractivity contribution in [2.75, 3.05) is 7.05 Å². The van der Waals surface area contributed by atoms with Crippen LogP contribution in [0.5, 0.6) is 0 Å². The maximum absolute atomic E-state index is 5.97. The van der Waals surface area contributed by atoms with E-state index in [1.165, 1.54) is 11.5 Å². The molecule has 1 unspecified atom stereocenters. The number of aryl methyl sites for hydroxylation is 1. The van der Waals surface area contributed by atoms with Crippen molar-refractivity contribution < 1.29 is 4.42 Å². The highest BCUT2D eigenvalue weighted by atomic mass is 32.1. The van der Waals surface area contributed by atoms with E-state index in [1.54, 1.807) is 0 Å². The van der Waals surface area contributed by atoms with Gasteiger partial charge in [-0.3, -0.25) is 0 Å². The molecule has 1 N–H and O–H groups in total. The van der Waals surface area contributed by atoms with Gasteiger partial charge in [0.1, 0.15) is 17.4 Å². The molecule has 0 saturated heterocycles. The normalized spacial score (nSPS) is 12.9. The van der Waals surface area contributed by atoms with Gasteiger partial charge in [-0.1, -0.05) is 36.0 Å². The maximum atomic E-state index is 5.97. The number of hydrogen-bond donors (Lipinski definition) is 1. The van der Waals surface area contributed by atoms with Gasteiger partial charge < -0.3 is 9.73 Å². The van der Waals surface area contributed by atoms with Gasteiger partial charge in [0.25, 0.3) is 0 Å². The van der Waals surface area contributed by atoms with Gasteiger partial charge in [-0.2, -0.15) is 0 Å². The Balaban J connectivity index is 2.02. The fourth-order valence-electron chi connectivity index (χ4n) is 2.39. The van der Waals surface area contributed by atoms with Crippen molar-refractivity contribution in [1.29, 1.82) is 0 Å². The van der Waals surface area contributed by atoms with E-state index in [0.29, 0.717) is 0 Å². The minimum absolute atomic E-state index is 0.0175. The highest BCUT2D eigenvalue weighted by molar-refractivity contribution is 7.05. The molecular formula is C15H17N3OS. The van der Waals surface area contributed by atoms with Gasteiger partial charge in [0.05, 0.1) is 10.6 Å². The quantitative estimate of drug-likeness (QED) is 0.779. The zero-order chi connectivity index (χ0) is 13.9. The van der Waals surface area contributed by atoms with Crippen LogP contribution in [-0.4, -0.2) is 16.6 Å². The monoisotopic (exact) mass is 287 g/mol. The second kappa shape index (κ2) is 5.73. The zero-order valence-electron chi connectivity index (χ0n) is 11.6. The van der Waals surface area contributed by atoms with E-state index < -0.39 is 0 Å². The van der Waals surface area contributed by atoms with Gasteiger partial charge in [0.15, 0.2) is 0 Å². The number of benzene rings is 1. The summed E-state index contributed by atoms with van der Waals surface area (Å²) in [5.41, 5.74) is 1.98. The van der Waals surface area contributed by atoms with Crippen LogP contribution in [0.4, 0.5) is 0 Å². The molecule has 3 rings (SSSR count). The summed E-state index contributed by atoms with van der Waals surface area (Å²) in [4.78, 5) is 1.15. The maximum Gasteiger partial charge on any atom is 0.134 e. The lowest BCUT2D eigenvalue weighted by Gasteiger charge is -2.12. The molecule has 2 heterocycles. The van der Waals surface area contributed by atoms with Crippen molar-refractivity contribution >= 4 is 22.5 Å². The average molecular weight is 287 g/mol. The number of nitrogens with zero attached hydrogens (tertiary/aromatic N) is 2. The number of fused-ring (bicyclic) bond motifs is 1. The molecule has 4 nitrogen and oxygen atoms in total. The number of hydrogen-bond acceptors (Lipinski definition) is 5. The first-order valence-electron chi connectivity index (χ1n) is 6.80. The molecule has 5 heteroatoms. The van der Waals surface area contributed by atoms with E-state index >= 15 is 0 Å². The predicted molar refractivity (Wildman–Crippen MR) is 81.0 cm³/mol. The summed E-state index contributed by atoms with van der Waals surface area (Å²) < 4.78 is 10.1. The lowest BCUT2D eigenvalue weighted by Crippen LogP contribution is -2.17. The van der Waals surface area contributed by atoms with Crippen LogP contribution in [0.1, 0.15) is 35.7 Å². The number of nitrogens with one attached hydrogen (secondary N) is 1. The van der Waals surface area contributed by atoms with Crippen LogP contribution in [0.3, 0.4) is 0 Å². The summed E-state index contributed by atoms with van der Waals surface area (Å²) in [5.74, 6) is 0.914. The van der Waals surface area contributed by atoms with Gasteiger partial charge in [0.2, 0.25) is 0 Å². The molecule has 0 bridgehead atoms. The lowest BCUT2D eigenvalue weighted by molar-refractivity contribution is 0.493. The standard InChI is InChI=1S/C15H17N3OS/c1-3-6-11-15(20-18-17-11)14(16-2)13-9-10-7-4-5-8-12(10)19-13/h4-5,7-9,14,16H,3,6H2,1-2H3. The van der Waals surface area contributed by atoms with Crippen LogP contribution in [0.2, 0.25) is 0 Å². The van der Waals surface area contributed by atoms with Crippen molar-refractivity contribution in [3.63, 3.8) is 0 Å². The molecular weight excluding hydrogens is 270 g/mol. The zero-order valence-corrected chi connectivity index (χ0v) is 12.4. The summed E-state index contributed by atoms with van der Waals surface area (Å²) in [6.45, 7) is 2.15. The second-order valence-corrected chi connectivity index (χ2v) is 5.53. The molecule has 0 saturated carbocycles. The minimum Gasteiger partial charge on any atom is -0.459 e. The smallest absolute Gasteiger partial charge is 0.134 e. The topological polar surface area (TPSA) is 51.0 Å². The number of para-hydroxylation sites is 1. The van der Waals surface area contributed by atoms with Crippen LogP contribution in [-0.2, 0) is 6.42 Å². The Labute approximate surface area is 122 Å². The van der Waals surface area contributed by atoms with Crippen LogP contribution < -0.4 is 5.32 Å². The SMILES string of the molecule is CCCc1nnsc1C(NC)c1cc2ccccc2o1. The van der Waals surface area contributed by atoms with E-state index in [2.05, 4.69) is 34.0 Å². The third kappa shape index (κ3) is 2.34. The van der Waals surface area contributed by atoms with Crippen molar-refractivity contribution in [2.45, 2.75) is 25.8 Å². The van der Waals surface area contributed by atoms with E-state index in [-0.39, 0.29) is 6.04 Å². The Morgan fingerprint density at radius 3 is 2.95 bits per heavy atom. The molecule has 20 heavy (non-hydrogen) atoms. The molecule has 0 fully saturated rings. The Hall–Kier alpha value is -1.72. The van der Waals surface area contributed by atoms with Gasteiger partial charge >= 0.3 is 0 Å². The summed E-state index contributed by atoms with van der Waals surface area (Å²) in [7, 11) is 1.94. The highest BCUT2D eigenvalue weighted by Crippen LogP contribution is 2.31. The molecule has 0 aliphatic carbocycles. The summed E-state index contributed by atoms with van der Waals surface area (Å²) in [6, 6.07) is 10.2. The molecule has 0 amide bonds. The molecule has 3 aromatic rings. The minimum atomic E-state index is 0.0175. The third-order valence-electron chi connectivity index (χ3n) is 3.35. The molecule has 0 radical (unpaired) electrons. The van der Waals surface area contributed by atoms with E-state index in [4.69, 9.17) is 4.42 Å². The fraction of sp³-hybridized carbons (Fsp3) is 0.333. The highest BCUT2D eigenvalue weighted by Gasteiger charge is 2.22. The summed E-state index contributed by atoms with van der Waals surface area (Å²) >= 11 is 1.44. The first-order chi connectivity index (χ1) is 9.83. The largest absolute Gasteiger partial charge is 0.459 e. The molecule has 1 aromatic carbocycles. The second-order valence-electron chi connectivity index (χ2n) is 4.74. The Morgan fingerprint density at radius 2 is 2.20 bits per heavy atom. The van der Waals surface area contributed by atoms with Crippen molar-refractivity contribution in [3.05, 3.63) is 46.7 Å². The molecule has 104 valence electrons. The van der Waals surface area contributed by atoms with Gasteiger partial charge in [-0.25, -0.2) is 0 Å². The Morgan fingerprint density at radius 1 is 1.35 bits per heavy atom. The average Bonchev–Trinajstić information content (AvgIpc) is 3.07. The van der Waals surface area contributed by atoms with Crippen molar-refractivity contribution in [3.8, 4) is 0 Å². The van der Waals surface area contributed by atoms with Crippen LogP contribution >= 0.6 is 11.5 Å². The molecule has 1 atom stereocenters. The predicted octanol–water partition coefficient (Wildman–Crippen LogP) is 3.55. The van der Waals surface area contributed by atoms with Gasteiger partial charge in [-0.05, 0) is 37.1 Å². The van der Waals surface area contributed by atoms with E-state index in [0.717, 1.165) is 40.1 Å². The Bertz CT molecular complexity index is 671. The van der Waals surface area contributed by atoms with E-state index in [1.807, 2.05) is 25.2 Å². The van der Waals surface area contributed by atoms with Crippen LogP contribution in [0.25, 0.3) is 11.0 Å². The fourth-order valence-corrected chi connectivity index (χ4v) is 3.21. The Kier molecular flexibility index (Phi) is 3.80. The number of rotatable bonds is 5. The van der Waals surface area contributed by atoms with Crippen molar-refractivity contribution in [2.24, 2.45) is 0 Å². The van der Waals surface area contributed by atoms with E-state index in [9.17, 15) is 0 Å². The summed E-state index contributed by atoms with van der Waals surface area (Å²) in [5, 5.41) is 8.68. The molecule has 0 aliphatic heterocycles. The van der Waals surface area contributed by atoms with Crippen LogP contribution in [0, 0.1) is 0 Å². The van der Waals surface area contributed by atoms with Gasteiger partial charge in [-0.15, -0.1) is 5.10 Å². The number of furan rings is 1. The third-order valence-corrected chi connectivity index (χ3v) is 4.18. The van der Waals surface area contributed by atoms with Crippen molar-refractivity contribution in [1.82, 2.24) is 14.9 Å². The molecule has 0 spiro atoms. The molecule has 2 aromatic heterocycles. The first-order valence-corrected chi connectivity index (χ1v) is 7.57. The first kappa shape index (κ1) is 13.3. The van der Waals surface area contributed by atoms with Gasteiger partial charge in [0, 0.05) is 5.39 Å². The lowest BCUT2D eigenvalue weighted by atomic mass is 10.1.